The van der Waals surface area contributed by atoms with Crippen LogP contribution in [-0.4, -0.2) is 43.5 Å². The molecule has 3 N–H and O–H groups in total. The van der Waals surface area contributed by atoms with Crippen molar-refractivity contribution in [2.24, 2.45) is 0 Å². The molecule has 176 valence electrons. The maximum atomic E-state index is 13.5. The molecule has 1 amide bonds. The predicted octanol–water partition coefficient (Wildman–Crippen LogP) is 3.98. The number of nitrogens with one attached hydrogen (secondary N) is 2. The lowest BCUT2D eigenvalue weighted by Crippen LogP contribution is -2.54. The third kappa shape index (κ3) is 4.67. The molecule has 0 aliphatic heterocycles. The maximum Gasteiger partial charge on any atom is 0.430 e. The molecule has 0 spiro atoms. The Morgan fingerprint density at radius 1 is 1.06 bits per heavy atom. The molecule has 0 aliphatic rings. The van der Waals surface area contributed by atoms with E-state index in [9.17, 15) is 36.2 Å². The first kappa shape index (κ1) is 24.2. The van der Waals surface area contributed by atoms with E-state index in [1.54, 1.807) is 13.0 Å². The minimum atomic E-state index is -6.12. The topological polar surface area (TPSA) is 104 Å². The molecule has 0 fully saturated rings. The van der Waals surface area contributed by atoms with E-state index in [-0.39, 0.29) is 17.1 Å². The molecule has 13 heteroatoms. The number of aromatic nitrogens is 4. The number of H-pyrrole nitrogens is 1. The average molecular weight is 473 g/mol. The summed E-state index contributed by atoms with van der Waals surface area (Å²) < 4.78 is 81.0. The lowest BCUT2D eigenvalue weighted by atomic mass is 9.88. The summed E-state index contributed by atoms with van der Waals surface area (Å²) in [6, 6.07) is 4.05. The molecular weight excluding hydrogens is 456 g/mol. The average Bonchev–Trinajstić information content (AvgIpc) is 3.26. The van der Waals surface area contributed by atoms with E-state index < -0.39 is 41.0 Å². The number of hydrogen-bond donors (Lipinski definition) is 3. The number of aromatic amines is 1. The monoisotopic (exact) mass is 473 g/mol. The molecule has 3 aromatic rings. The second kappa shape index (κ2) is 8.46. The number of aliphatic hydroxyl groups is 1. The molecule has 1 aromatic carbocycles. The molecule has 0 saturated carbocycles. The van der Waals surface area contributed by atoms with E-state index in [2.05, 4.69) is 25.5 Å². The van der Waals surface area contributed by atoms with Crippen LogP contribution in [-0.2, 0) is 5.60 Å². The SMILES string of the molecule is Cc1ccc(-c2cc(C(=O)NC(C)c3ncn[nH]3)cc(C(O)(C(F)(F)F)C(F)(F)F)c2)nc1. The van der Waals surface area contributed by atoms with Crippen LogP contribution in [0.15, 0.2) is 42.9 Å². The molecule has 1 atom stereocenters. The van der Waals surface area contributed by atoms with Gasteiger partial charge in [0.1, 0.15) is 12.2 Å². The highest BCUT2D eigenvalue weighted by Gasteiger charge is 2.71. The number of aryl methyl sites for hydroxylation is 1. The van der Waals surface area contributed by atoms with Crippen LogP contribution in [0.25, 0.3) is 11.3 Å². The summed E-state index contributed by atoms with van der Waals surface area (Å²) in [4.78, 5) is 20.6. The van der Waals surface area contributed by atoms with Crippen LogP contribution in [0.4, 0.5) is 26.3 Å². The Labute approximate surface area is 182 Å². The molecule has 0 bridgehead atoms. The minimum Gasteiger partial charge on any atom is -0.369 e. The first-order valence-electron chi connectivity index (χ1n) is 9.34. The van der Waals surface area contributed by atoms with E-state index in [1.165, 1.54) is 19.2 Å². The molecule has 0 saturated heterocycles. The van der Waals surface area contributed by atoms with Gasteiger partial charge in [-0.15, -0.1) is 0 Å². The highest BCUT2D eigenvalue weighted by Crippen LogP contribution is 2.50. The summed E-state index contributed by atoms with van der Waals surface area (Å²) in [7, 11) is 0. The van der Waals surface area contributed by atoms with Crippen LogP contribution in [0.3, 0.4) is 0 Å². The standard InChI is InChI=1S/C20H17F6N5O2/c1-10-3-4-15(27-8-10)12-5-13(17(32)30-11(2)16-28-9-29-31-16)7-14(6-12)18(33,19(21,22)23)20(24,25)26/h3-9,11,33H,1-2H3,(H,30,32)(H,28,29,31). The predicted molar refractivity (Wildman–Crippen MR) is 103 cm³/mol. The Bertz CT molecular complexity index is 1110. The number of rotatable bonds is 5. The molecule has 2 aromatic heterocycles. The highest BCUT2D eigenvalue weighted by molar-refractivity contribution is 5.96. The van der Waals surface area contributed by atoms with Gasteiger partial charge in [0.25, 0.3) is 11.5 Å². The van der Waals surface area contributed by atoms with Crippen LogP contribution in [0, 0.1) is 6.92 Å². The number of amides is 1. The number of pyridine rings is 1. The van der Waals surface area contributed by atoms with Crippen LogP contribution in [0.5, 0.6) is 0 Å². The normalized spacial score (nSPS) is 13.6. The van der Waals surface area contributed by atoms with Crippen molar-refractivity contribution in [3.8, 4) is 11.3 Å². The Morgan fingerprint density at radius 2 is 1.73 bits per heavy atom. The van der Waals surface area contributed by atoms with Gasteiger partial charge in [0, 0.05) is 22.9 Å². The highest BCUT2D eigenvalue weighted by atomic mass is 19.4. The van der Waals surface area contributed by atoms with E-state index >= 15 is 0 Å². The zero-order chi connectivity index (χ0) is 24.6. The Balaban J connectivity index is 2.16. The number of carbonyl (C=O) groups excluding carboxylic acids is 1. The number of halogens is 6. The van der Waals surface area contributed by atoms with Gasteiger partial charge in [0.05, 0.1) is 11.7 Å². The smallest absolute Gasteiger partial charge is 0.369 e. The number of benzene rings is 1. The molecule has 2 heterocycles. The van der Waals surface area contributed by atoms with Crippen molar-refractivity contribution in [2.45, 2.75) is 37.8 Å². The van der Waals surface area contributed by atoms with E-state index in [0.717, 1.165) is 12.4 Å². The van der Waals surface area contributed by atoms with Gasteiger partial charge < -0.3 is 10.4 Å². The molecule has 33 heavy (non-hydrogen) atoms. The zero-order valence-electron chi connectivity index (χ0n) is 17.1. The molecular formula is C20H17F6N5O2. The fourth-order valence-electron chi connectivity index (χ4n) is 3.01. The van der Waals surface area contributed by atoms with Gasteiger partial charge in [-0.05, 0) is 43.7 Å². The van der Waals surface area contributed by atoms with Crippen molar-refractivity contribution < 1.29 is 36.2 Å². The molecule has 0 aliphatic carbocycles. The number of hydrogen-bond acceptors (Lipinski definition) is 5. The number of nitrogens with zero attached hydrogens (tertiary/aromatic N) is 3. The van der Waals surface area contributed by atoms with Crippen molar-refractivity contribution in [1.82, 2.24) is 25.5 Å². The van der Waals surface area contributed by atoms with Crippen LogP contribution in [0.1, 0.15) is 40.3 Å². The van der Waals surface area contributed by atoms with Gasteiger partial charge in [-0.2, -0.15) is 31.4 Å². The van der Waals surface area contributed by atoms with Crippen LogP contribution >= 0.6 is 0 Å². The van der Waals surface area contributed by atoms with E-state index in [0.29, 0.717) is 17.7 Å². The fourth-order valence-corrected chi connectivity index (χ4v) is 3.01. The number of carbonyl (C=O) groups is 1. The molecule has 0 radical (unpaired) electrons. The van der Waals surface area contributed by atoms with Gasteiger partial charge in [-0.25, -0.2) is 4.98 Å². The Kier molecular flexibility index (Phi) is 6.20. The fraction of sp³-hybridized carbons (Fsp3) is 0.300. The van der Waals surface area contributed by atoms with Gasteiger partial charge in [0.15, 0.2) is 0 Å². The maximum absolute atomic E-state index is 13.5. The van der Waals surface area contributed by atoms with Crippen molar-refractivity contribution in [3.63, 3.8) is 0 Å². The molecule has 1 unspecified atom stereocenters. The minimum absolute atomic E-state index is 0.00600. The third-order valence-corrected chi connectivity index (χ3v) is 4.83. The van der Waals surface area contributed by atoms with Crippen molar-refractivity contribution >= 4 is 5.91 Å². The van der Waals surface area contributed by atoms with Crippen molar-refractivity contribution in [3.05, 3.63) is 65.4 Å². The van der Waals surface area contributed by atoms with E-state index in [1.807, 2.05) is 0 Å². The van der Waals surface area contributed by atoms with E-state index in [4.69, 9.17) is 0 Å². The van der Waals surface area contributed by atoms with Crippen LogP contribution < -0.4 is 5.32 Å². The van der Waals surface area contributed by atoms with Crippen LogP contribution in [0.2, 0.25) is 0 Å². The number of alkyl halides is 6. The zero-order valence-corrected chi connectivity index (χ0v) is 17.1. The largest absolute Gasteiger partial charge is 0.430 e. The van der Waals surface area contributed by atoms with Gasteiger partial charge >= 0.3 is 12.4 Å². The summed E-state index contributed by atoms with van der Waals surface area (Å²) in [5.41, 5.74) is -6.87. The summed E-state index contributed by atoms with van der Waals surface area (Å²) in [5.74, 6) is -0.789. The summed E-state index contributed by atoms with van der Waals surface area (Å²) >= 11 is 0. The lowest BCUT2D eigenvalue weighted by molar-refractivity contribution is -0.376. The van der Waals surface area contributed by atoms with Gasteiger partial charge in [-0.3, -0.25) is 14.9 Å². The quantitative estimate of drug-likeness (QED) is 0.487. The first-order chi connectivity index (χ1) is 15.2. The summed E-state index contributed by atoms with van der Waals surface area (Å²) in [6.45, 7) is 3.16. The first-order valence-corrected chi connectivity index (χ1v) is 9.34. The van der Waals surface area contributed by atoms with Crippen molar-refractivity contribution in [2.75, 3.05) is 0 Å². The Morgan fingerprint density at radius 3 is 2.24 bits per heavy atom. The molecule has 3 rings (SSSR count). The third-order valence-electron chi connectivity index (χ3n) is 4.83. The van der Waals surface area contributed by atoms with Gasteiger partial charge in [0.2, 0.25) is 0 Å². The second-order valence-corrected chi connectivity index (χ2v) is 7.29. The summed E-state index contributed by atoms with van der Waals surface area (Å²) in [6.07, 6.45) is -9.73. The summed E-state index contributed by atoms with van der Waals surface area (Å²) in [5, 5.41) is 18.4. The molecule has 7 nitrogen and oxygen atoms in total. The second-order valence-electron chi connectivity index (χ2n) is 7.29. The Hall–Kier alpha value is -3.48. The van der Waals surface area contributed by atoms with Gasteiger partial charge in [-0.1, -0.05) is 6.07 Å². The van der Waals surface area contributed by atoms with Crippen molar-refractivity contribution in [1.29, 1.82) is 0 Å². The lowest BCUT2D eigenvalue weighted by Gasteiger charge is -2.33.